The summed E-state index contributed by atoms with van der Waals surface area (Å²) in [6.07, 6.45) is 7.28. The second kappa shape index (κ2) is 6.70. The average Bonchev–Trinajstić information content (AvgIpc) is 2.98. The van der Waals surface area contributed by atoms with Crippen molar-refractivity contribution >= 4 is 14.3 Å². The van der Waals surface area contributed by atoms with Crippen molar-refractivity contribution in [2.24, 2.45) is 17.3 Å². The standard InChI is InChI=1S/C20H34O3Si/c1-9-10-16-17-11-12-18(20(16,17)19(21)22-8)23-24(13(2)3,14(4)5)15(6)7/h9-10,12-17H,11H2,1-8H3/b10-9+/t16-,17-,20-/m1/s1. The lowest BCUT2D eigenvalue weighted by Crippen LogP contribution is -2.48. The summed E-state index contributed by atoms with van der Waals surface area (Å²) >= 11 is 0. The van der Waals surface area contributed by atoms with Gasteiger partial charge >= 0.3 is 5.97 Å². The Balaban J connectivity index is 2.42. The fourth-order valence-electron chi connectivity index (χ4n) is 5.29. The van der Waals surface area contributed by atoms with Crippen LogP contribution in [0.3, 0.4) is 0 Å². The monoisotopic (exact) mass is 350 g/mol. The summed E-state index contributed by atoms with van der Waals surface area (Å²) in [5.41, 5.74) is 0.918. The highest BCUT2D eigenvalue weighted by molar-refractivity contribution is 6.77. The molecule has 3 atom stereocenters. The minimum atomic E-state index is -2.07. The summed E-state index contributed by atoms with van der Waals surface area (Å²) in [6.45, 7) is 15.7. The molecular weight excluding hydrogens is 316 g/mol. The molecule has 0 heterocycles. The van der Waals surface area contributed by atoms with E-state index in [1.54, 1.807) is 0 Å². The molecule has 2 rings (SSSR count). The maximum absolute atomic E-state index is 12.7. The maximum Gasteiger partial charge on any atom is 0.320 e. The van der Waals surface area contributed by atoms with Crippen molar-refractivity contribution in [3.63, 3.8) is 0 Å². The van der Waals surface area contributed by atoms with Gasteiger partial charge in [-0.15, -0.1) is 0 Å². The predicted molar refractivity (Wildman–Crippen MR) is 101 cm³/mol. The fourth-order valence-corrected chi connectivity index (χ4v) is 10.6. The van der Waals surface area contributed by atoms with E-state index >= 15 is 0 Å². The van der Waals surface area contributed by atoms with E-state index in [4.69, 9.17) is 9.16 Å². The Morgan fingerprint density at radius 2 is 1.75 bits per heavy atom. The van der Waals surface area contributed by atoms with E-state index in [2.05, 4.69) is 53.7 Å². The number of allylic oxidation sites excluding steroid dienone is 3. The largest absolute Gasteiger partial charge is 0.545 e. The smallest absolute Gasteiger partial charge is 0.320 e. The number of ether oxygens (including phenoxy) is 1. The van der Waals surface area contributed by atoms with Gasteiger partial charge in [0.1, 0.15) is 5.41 Å². The quantitative estimate of drug-likeness (QED) is 0.348. The van der Waals surface area contributed by atoms with Crippen LogP contribution in [0.25, 0.3) is 0 Å². The summed E-state index contributed by atoms with van der Waals surface area (Å²) < 4.78 is 12.1. The van der Waals surface area contributed by atoms with Gasteiger partial charge in [-0.05, 0) is 42.0 Å². The number of carbonyl (C=O) groups excluding carboxylic acids is 1. The van der Waals surface area contributed by atoms with Gasteiger partial charge in [-0.1, -0.05) is 53.7 Å². The third-order valence-electron chi connectivity index (χ3n) is 6.32. The van der Waals surface area contributed by atoms with Gasteiger partial charge in [0.15, 0.2) is 0 Å². The van der Waals surface area contributed by atoms with Crippen molar-refractivity contribution < 1.29 is 14.0 Å². The zero-order chi connectivity index (χ0) is 18.3. The molecule has 0 radical (unpaired) electrons. The van der Waals surface area contributed by atoms with Crippen LogP contribution in [0, 0.1) is 17.3 Å². The zero-order valence-electron chi connectivity index (χ0n) is 16.6. The first-order valence-corrected chi connectivity index (χ1v) is 11.5. The number of carbonyl (C=O) groups is 1. The minimum absolute atomic E-state index is 0.126. The molecule has 2 aliphatic rings. The lowest BCUT2D eigenvalue weighted by molar-refractivity contribution is -0.147. The molecule has 0 unspecified atom stereocenters. The van der Waals surface area contributed by atoms with Gasteiger partial charge in [-0.25, -0.2) is 0 Å². The van der Waals surface area contributed by atoms with Crippen molar-refractivity contribution in [1.82, 2.24) is 0 Å². The molecule has 1 saturated carbocycles. The lowest BCUT2D eigenvalue weighted by atomic mass is 10.0. The Morgan fingerprint density at radius 3 is 2.17 bits per heavy atom. The number of fused-ring (bicyclic) bond motifs is 1. The molecule has 3 nitrogen and oxygen atoms in total. The number of hydrogen-bond acceptors (Lipinski definition) is 3. The van der Waals surface area contributed by atoms with E-state index < -0.39 is 13.7 Å². The molecule has 1 fully saturated rings. The van der Waals surface area contributed by atoms with Crippen molar-refractivity contribution in [3.05, 3.63) is 24.0 Å². The van der Waals surface area contributed by atoms with Gasteiger partial charge in [-0.2, -0.15) is 0 Å². The molecule has 0 spiro atoms. The number of methoxy groups -OCH3 is 1. The molecule has 0 bridgehead atoms. The highest BCUT2D eigenvalue weighted by Crippen LogP contribution is 2.71. The third kappa shape index (κ3) is 2.49. The van der Waals surface area contributed by atoms with E-state index in [-0.39, 0.29) is 11.9 Å². The fraction of sp³-hybridized carbons (Fsp3) is 0.750. The lowest BCUT2D eigenvalue weighted by Gasteiger charge is -2.43. The van der Waals surface area contributed by atoms with E-state index in [0.29, 0.717) is 22.5 Å². The van der Waals surface area contributed by atoms with E-state index in [1.165, 1.54) is 7.11 Å². The summed E-state index contributed by atoms with van der Waals surface area (Å²) in [5.74, 6) is 1.33. The molecule has 24 heavy (non-hydrogen) atoms. The molecule has 0 amide bonds. The van der Waals surface area contributed by atoms with Crippen LogP contribution >= 0.6 is 0 Å². The van der Waals surface area contributed by atoms with Crippen LogP contribution in [0.1, 0.15) is 54.9 Å². The Bertz CT molecular complexity index is 525. The number of hydrogen-bond donors (Lipinski definition) is 0. The molecule has 4 heteroatoms. The molecule has 0 aromatic rings. The van der Waals surface area contributed by atoms with E-state index in [9.17, 15) is 4.79 Å². The van der Waals surface area contributed by atoms with Crippen molar-refractivity contribution in [2.75, 3.05) is 7.11 Å². The average molecular weight is 351 g/mol. The SMILES string of the molecule is C/C=C/[C@@H]1[C@H]2CC=C(O[Si](C(C)C)(C(C)C)C(C)C)[C@@]12C(=O)OC. The van der Waals surface area contributed by atoms with Crippen LogP contribution < -0.4 is 0 Å². The Hall–Kier alpha value is -1.03. The van der Waals surface area contributed by atoms with Gasteiger partial charge in [0, 0.05) is 5.92 Å². The van der Waals surface area contributed by atoms with Crippen molar-refractivity contribution in [3.8, 4) is 0 Å². The molecule has 0 aliphatic heterocycles. The number of rotatable bonds is 7. The first-order chi connectivity index (χ1) is 11.2. The first kappa shape index (κ1) is 19.3. The van der Waals surface area contributed by atoms with Crippen LogP contribution in [-0.2, 0) is 14.0 Å². The third-order valence-corrected chi connectivity index (χ3v) is 12.3. The maximum atomic E-state index is 12.7. The second-order valence-electron chi connectivity index (χ2n) is 8.24. The Labute approximate surface area is 148 Å². The molecule has 0 saturated heterocycles. The van der Waals surface area contributed by atoms with Gasteiger partial charge in [0.05, 0.1) is 12.9 Å². The van der Waals surface area contributed by atoms with Gasteiger partial charge < -0.3 is 9.16 Å². The molecule has 136 valence electrons. The minimum Gasteiger partial charge on any atom is -0.545 e. The topological polar surface area (TPSA) is 35.5 Å². The normalized spacial score (nSPS) is 29.4. The molecule has 0 aromatic heterocycles. The summed E-state index contributed by atoms with van der Waals surface area (Å²) in [4.78, 5) is 12.7. The van der Waals surface area contributed by atoms with Crippen LogP contribution in [0.15, 0.2) is 24.0 Å². The molecular formula is C20H34O3Si. The second-order valence-corrected chi connectivity index (χ2v) is 13.6. The van der Waals surface area contributed by atoms with Crippen LogP contribution in [0.2, 0.25) is 16.6 Å². The van der Waals surface area contributed by atoms with Crippen molar-refractivity contribution in [2.45, 2.75) is 71.5 Å². The van der Waals surface area contributed by atoms with E-state index in [1.807, 2.05) is 13.0 Å². The Morgan fingerprint density at radius 1 is 1.21 bits per heavy atom. The zero-order valence-corrected chi connectivity index (χ0v) is 17.6. The summed E-state index contributed by atoms with van der Waals surface area (Å²) in [6, 6.07) is 0. The first-order valence-electron chi connectivity index (χ1n) is 9.31. The van der Waals surface area contributed by atoms with Crippen LogP contribution in [0.5, 0.6) is 0 Å². The molecule has 0 N–H and O–H groups in total. The number of esters is 1. The highest BCUT2D eigenvalue weighted by atomic mass is 28.4. The van der Waals surface area contributed by atoms with Crippen LogP contribution in [-0.4, -0.2) is 21.4 Å². The predicted octanol–water partition coefficient (Wildman–Crippen LogP) is 5.45. The molecule has 0 aromatic carbocycles. The molecule has 2 aliphatic carbocycles. The van der Waals surface area contributed by atoms with Gasteiger partial charge in [-0.3, -0.25) is 4.79 Å². The van der Waals surface area contributed by atoms with Crippen LogP contribution in [0.4, 0.5) is 0 Å². The Kier molecular flexibility index (Phi) is 5.39. The van der Waals surface area contributed by atoms with Gasteiger partial charge in [0.2, 0.25) is 0 Å². The van der Waals surface area contributed by atoms with Gasteiger partial charge in [0.25, 0.3) is 8.32 Å². The van der Waals surface area contributed by atoms with Crippen molar-refractivity contribution in [1.29, 1.82) is 0 Å². The highest BCUT2D eigenvalue weighted by Gasteiger charge is 2.75. The summed E-state index contributed by atoms with van der Waals surface area (Å²) in [7, 11) is -0.573. The summed E-state index contributed by atoms with van der Waals surface area (Å²) in [5, 5.41) is 0. The van der Waals surface area contributed by atoms with E-state index in [0.717, 1.165) is 12.2 Å².